The molecule has 8 aromatic rings. The first kappa shape index (κ1) is 34.1. The molecule has 0 bridgehead atoms. The fourth-order valence-corrected chi connectivity index (χ4v) is 6.04. The van der Waals surface area contributed by atoms with Crippen LogP contribution in [0.1, 0.15) is 7.43 Å². The number of nitrogens with zero attached hydrogens (tertiary/aromatic N) is 4. The van der Waals surface area contributed by atoms with E-state index in [9.17, 15) is 5.11 Å². The first-order valence-electron chi connectivity index (χ1n) is 15.4. The van der Waals surface area contributed by atoms with Crippen LogP contribution in [-0.2, 0) is 0 Å². The molecule has 6 aromatic carbocycles. The number of hydrogen-bond donors (Lipinski definition) is 1. The van der Waals surface area contributed by atoms with Gasteiger partial charge in [0.05, 0.1) is 7.11 Å². The average Bonchev–Trinajstić information content (AvgIpc) is 3.15. The molecule has 0 amide bonds. The molecule has 8 heteroatoms. The number of phenols is 1. The van der Waals surface area contributed by atoms with Gasteiger partial charge in [0.25, 0.3) is 0 Å². The lowest BCUT2D eigenvalue weighted by Gasteiger charge is -2.11. The van der Waals surface area contributed by atoms with Crippen molar-refractivity contribution in [2.24, 2.45) is 0 Å². The standard InChI is InChI=1S/C21H15ClN2O.C20H13ClN2O.CH4/c1-25-19-12-15(17-9-5-6-10-18(17)22)11-16-13-23-21(24-20(16)19)14-7-3-2-4-8-14;21-17-9-5-4-8-16(17)14-10-15-12-22-20(13-6-2-1-3-7-13)23-19(15)18(24)11-14;/h2-13H,1H3;1-12,24H;1H4. The van der Waals surface area contributed by atoms with Crippen LogP contribution in [0.15, 0.2) is 146 Å². The number of hydrogen-bond acceptors (Lipinski definition) is 6. The van der Waals surface area contributed by atoms with Crippen molar-refractivity contribution in [3.8, 4) is 56.5 Å². The van der Waals surface area contributed by atoms with Gasteiger partial charge in [-0.25, -0.2) is 19.9 Å². The third kappa shape index (κ3) is 7.13. The van der Waals surface area contributed by atoms with Crippen molar-refractivity contribution < 1.29 is 9.84 Å². The molecule has 246 valence electrons. The highest BCUT2D eigenvalue weighted by molar-refractivity contribution is 6.33. The molecule has 0 aliphatic carbocycles. The Morgan fingerprint density at radius 3 is 1.46 bits per heavy atom. The molecule has 50 heavy (non-hydrogen) atoms. The number of ether oxygens (including phenoxy) is 1. The second-order valence-corrected chi connectivity index (χ2v) is 11.9. The molecule has 2 aromatic heterocycles. The topological polar surface area (TPSA) is 81.0 Å². The second-order valence-electron chi connectivity index (χ2n) is 11.1. The Hall–Kier alpha value is -5.82. The quantitative estimate of drug-likeness (QED) is 0.193. The maximum absolute atomic E-state index is 10.4. The predicted molar refractivity (Wildman–Crippen MR) is 206 cm³/mol. The number of phenolic OH excluding ortho intramolecular Hbond substituents is 1. The lowest BCUT2D eigenvalue weighted by atomic mass is 10.0. The Bertz CT molecular complexity index is 2420. The summed E-state index contributed by atoms with van der Waals surface area (Å²) >= 11 is 12.6. The van der Waals surface area contributed by atoms with Crippen molar-refractivity contribution in [1.82, 2.24) is 19.9 Å². The minimum Gasteiger partial charge on any atom is -0.506 e. The Kier molecular flexibility index (Phi) is 10.3. The number of rotatable bonds is 5. The van der Waals surface area contributed by atoms with Crippen LogP contribution >= 0.6 is 23.2 Å². The number of benzene rings is 6. The van der Waals surface area contributed by atoms with Gasteiger partial charge in [0.15, 0.2) is 11.6 Å². The van der Waals surface area contributed by atoms with Crippen molar-refractivity contribution in [3.05, 3.63) is 156 Å². The highest BCUT2D eigenvalue weighted by Gasteiger charge is 2.13. The maximum atomic E-state index is 10.4. The van der Waals surface area contributed by atoms with E-state index in [1.807, 2.05) is 134 Å². The molecule has 8 rings (SSSR count). The third-order valence-corrected chi connectivity index (χ3v) is 8.62. The van der Waals surface area contributed by atoms with Crippen molar-refractivity contribution >= 4 is 45.0 Å². The fraction of sp³-hybridized carbons (Fsp3) is 0.0476. The molecular weight excluding hydrogens is 663 g/mol. The molecule has 0 fully saturated rings. The molecule has 2 heterocycles. The minimum atomic E-state index is 0. The van der Waals surface area contributed by atoms with Crippen molar-refractivity contribution in [1.29, 1.82) is 0 Å². The van der Waals surface area contributed by atoms with Crippen LogP contribution in [0.25, 0.3) is 66.8 Å². The van der Waals surface area contributed by atoms with E-state index < -0.39 is 0 Å². The summed E-state index contributed by atoms with van der Waals surface area (Å²) in [5, 5.41) is 13.5. The fourth-order valence-electron chi connectivity index (χ4n) is 5.55. The highest BCUT2D eigenvalue weighted by atomic mass is 35.5. The SMILES string of the molecule is C.COc1cc(-c2ccccc2Cl)cc2cnc(-c3ccccc3)nc12.Oc1cc(-c2ccccc2Cl)cc2cnc(-c3ccccc3)nc12. The summed E-state index contributed by atoms with van der Waals surface area (Å²) < 4.78 is 5.59. The smallest absolute Gasteiger partial charge is 0.159 e. The Labute approximate surface area is 300 Å². The van der Waals surface area contributed by atoms with Gasteiger partial charge in [-0.3, -0.25) is 0 Å². The van der Waals surface area contributed by atoms with Gasteiger partial charge < -0.3 is 9.84 Å². The average molecular weight is 696 g/mol. The summed E-state index contributed by atoms with van der Waals surface area (Å²) in [6, 6.07) is 42.5. The number of methoxy groups -OCH3 is 1. The van der Waals surface area contributed by atoms with E-state index in [0.29, 0.717) is 33.0 Å². The lowest BCUT2D eigenvalue weighted by Crippen LogP contribution is -1.94. The van der Waals surface area contributed by atoms with E-state index in [0.717, 1.165) is 49.7 Å². The van der Waals surface area contributed by atoms with E-state index in [4.69, 9.17) is 32.9 Å². The van der Waals surface area contributed by atoms with E-state index in [2.05, 4.69) is 15.0 Å². The summed E-state index contributed by atoms with van der Waals surface area (Å²) in [4.78, 5) is 18.1. The second kappa shape index (κ2) is 15.2. The van der Waals surface area contributed by atoms with E-state index in [-0.39, 0.29) is 13.2 Å². The van der Waals surface area contributed by atoms with Crippen LogP contribution in [-0.4, -0.2) is 32.2 Å². The normalized spacial score (nSPS) is 10.6. The molecule has 0 saturated heterocycles. The molecule has 6 nitrogen and oxygen atoms in total. The third-order valence-electron chi connectivity index (χ3n) is 7.96. The highest BCUT2D eigenvalue weighted by Crippen LogP contribution is 2.36. The number of aromatic nitrogens is 4. The van der Waals surface area contributed by atoms with Gasteiger partial charge in [0.1, 0.15) is 22.5 Å². The molecule has 0 aliphatic heterocycles. The Morgan fingerprint density at radius 2 is 0.960 bits per heavy atom. The van der Waals surface area contributed by atoms with Crippen LogP contribution < -0.4 is 4.74 Å². The molecular formula is C42H32Cl2N4O2. The van der Waals surface area contributed by atoms with Crippen molar-refractivity contribution in [2.45, 2.75) is 7.43 Å². The van der Waals surface area contributed by atoms with E-state index in [1.54, 1.807) is 19.4 Å². The zero-order valence-corrected chi connectivity index (χ0v) is 27.8. The van der Waals surface area contributed by atoms with Gasteiger partial charge in [-0.2, -0.15) is 0 Å². The number of fused-ring (bicyclic) bond motifs is 2. The van der Waals surface area contributed by atoms with Crippen LogP contribution in [0.4, 0.5) is 0 Å². The molecule has 0 atom stereocenters. The van der Waals surface area contributed by atoms with Crippen molar-refractivity contribution in [3.63, 3.8) is 0 Å². The van der Waals surface area contributed by atoms with E-state index >= 15 is 0 Å². The summed E-state index contributed by atoms with van der Waals surface area (Å²) in [5.74, 6) is 2.08. The number of aromatic hydroxyl groups is 1. The van der Waals surface area contributed by atoms with Crippen LogP contribution in [0.3, 0.4) is 0 Å². The molecule has 0 spiro atoms. The largest absolute Gasteiger partial charge is 0.506 e. The van der Waals surface area contributed by atoms with Gasteiger partial charge in [0, 0.05) is 55.5 Å². The molecule has 0 unspecified atom stereocenters. The Balaban J connectivity index is 0.000000170. The van der Waals surface area contributed by atoms with Gasteiger partial charge in [-0.05, 0) is 47.5 Å². The molecule has 1 N–H and O–H groups in total. The first-order chi connectivity index (χ1) is 24.0. The minimum absolute atomic E-state index is 0. The van der Waals surface area contributed by atoms with Crippen LogP contribution in [0.2, 0.25) is 10.0 Å². The Morgan fingerprint density at radius 1 is 0.520 bits per heavy atom. The van der Waals surface area contributed by atoms with Gasteiger partial charge in [0.2, 0.25) is 0 Å². The van der Waals surface area contributed by atoms with E-state index in [1.165, 1.54) is 0 Å². The lowest BCUT2D eigenvalue weighted by molar-refractivity contribution is 0.419. The van der Waals surface area contributed by atoms with Crippen LogP contribution in [0, 0.1) is 0 Å². The zero-order chi connectivity index (χ0) is 33.7. The van der Waals surface area contributed by atoms with Gasteiger partial charge >= 0.3 is 0 Å². The summed E-state index contributed by atoms with van der Waals surface area (Å²) in [7, 11) is 1.65. The molecule has 0 aliphatic rings. The number of halogens is 2. The zero-order valence-electron chi connectivity index (χ0n) is 26.3. The van der Waals surface area contributed by atoms with Crippen molar-refractivity contribution in [2.75, 3.05) is 7.11 Å². The van der Waals surface area contributed by atoms with Gasteiger partial charge in [-0.15, -0.1) is 0 Å². The molecule has 0 saturated carbocycles. The summed E-state index contributed by atoms with van der Waals surface area (Å²) in [6.45, 7) is 0. The first-order valence-corrected chi connectivity index (χ1v) is 16.2. The maximum Gasteiger partial charge on any atom is 0.159 e. The molecule has 0 radical (unpaired) electrons. The predicted octanol–water partition coefficient (Wildman–Crippen LogP) is 11.6. The van der Waals surface area contributed by atoms with Gasteiger partial charge in [-0.1, -0.05) is 128 Å². The monoisotopic (exact) mass is 694 g/mol. The summed E-state index contributed by atoms with van der Waals surface area (Å²) in [6.07, 6.45) is 3.55. The van der Waals surface area contributed by atoms with Crippen LogP contribution in [0.5, 0.6) is 11.5 Å². The summed E-state index contributed by atoms with van der Waals surface area (Å²) in [5.41, 5.74) is 6.83.